The summed E-state index contributed by atoms with van der Waals surface area (Å²) in [5, 5.41) is 3.46. The van der Waals surface area contributed by atoms with Gasteiger partial charge in [-0.2, -0.15) is 0 Å². The average Bonchev–Trinajstić information content (AvgIpc) is 2.23. The number of aromatic nitrogens is 1. The molecule has 1 heterocycles. The molecule has 17 heavy (non-hydrogen) atoms. The summed E-state index contributed by atoms with van der Waals surface area (Å²) in [6.07, 6.45) is 3.60. The van der Waals surface area contributed by atoms with Gasteiger partial charge in [-0.05, 0) is 32.8 Å². The fraction of sp³-hybridized carbons (Fsp3) is 0.643. The van der Waals surface area contributed by atoms with E-state index in [0.717, 1.165) is 24.5 Å². The molecule has 96 valence electrons. The van der Waals surface area contributed by atoms with Gasteiger partial charge in [0.1, 0.15) is 5.75 Å². The average molecular weight is 236 g/mol. The Morgan fingerprint density at radius 1 is 1.35 bits per heavy atom. The first-order valence-corrected chi connectivity index (χ1v) is 6.19. The second-order valence-corrected chi connectivity index (χ2v) is 5.79. The van der Waals surface area contributed by atoms with Crippen molar-refractivity contribution in [2.45, 2.75) is 46.7 Å². The van der Waals surface area contributed by atoms with E-state index in [4.69, 9.17) is 4.74 Å². The summed E-state index contributed by atoms with van der Waals surface area (Å²) in [6.45, 7) is 12.3. The molecule has 3 heteroatoms. The van der Waals surface area contributed by atoms with Crippen molar-refractivity contribution in [1.82, 2.24) is 10.3 Å². The van der Waals surface area contributed by atoms with Crippen LogP contribution in [0.5, 0.6) is 5.75 Å². The smallest absolute Gasteiger partial charge is 0.142 e. The van der Waals surface area contributed by atoms with Gasteiger partial charge in [-0.25, -0.2) is 0 Å². The quantitative estimate of drug-likeness (QED) is 0.853. The second-order valence-electron chi connectivity index (χ2n) is 5.79. The highest BCUT2D eigenvalue weighted by atomic mass is 16.5. The molecule has 0 atom stereocenters. The molecule has 0 fully saturated rings. The maximum atomic E-state index is 5.76. The molecule has 0 amide bonds. The lowest BCUT2D eigenvalue weighted by molar-refractivity contribution is 0.266. The van der Waals surface area contributed by atoms with Crippen molar-refractivity contribution in [2.24, 2.45) is 5.92 Å². The zero-order chi connectivity index (χ0) is 12.9. The summed E-state index contributed by atoms with van der Waals surface area (Å²) in [7, 11) is 0. The van der Waals surface area contributed by atoms with Gasteiger partial charge >= 0.3 is 0 Å². The Bertz CT molecular complexity index is 342. The van der Waals surface area contributed by atoms with Gasteiger partial charge in [0.05, 0.1) is 12.8 Å². The van der Waals surface area contributed by atoms with Gasteiger partial charge in [-0.3, -0.25) is 4.98 Å². The predicted octanol–water partition coefficient (Wildman–Crippen LogP) is 3.00. The van der Waals surface area contributed by atoms with Gasteiger partial charge in [0.2, 0.25) is 0 Å². The minimum Gasteiger partial charge on any atom is -0.491 e. The molecule has 3 nitrogen and oxygen atoms in total. The second kappa shape index (κ2) is 6.01. The highest BCUT2D eigenvalue weighted by Crippen LogP contribution is 2.18. The third-order valence-corrected chi connectivity index (χ3v) is 2.25. The predicted molar refractivity (Wildman–Crippen MR) is 71.2 cm³/mol. The molecule has 0 unspecified atom stereocenters. The summed E-state index contributed by atoms with van der Waals surface area (Å²) >= 11 is 0. The molecule has 1 rings (SSSR count). The summed E-state index contributed by atoms with van der Waals surface area (Å²) in [6, 6.07) is 2.01. The van der Waals surface area contributed by atoms with E-state index in [1.165, 1.54) is 0 Å². The zero-order valence-electron chi connectivity index (χ0n) is 11.6. The van der Waals surface area contributed by atoms with Crippen molar-refractivity contribution in [3.8, 4) is 5.75 Å². The lowest BCUT2D eigenvalue weighted by atomic mass is 10.1. The Hall–Kier alpha value is -1.09. The van der Waals surface area contributed by atoms with Crippen molar-refractivity contribution < 1.29 is 4.74 Å². The van der Waals surface area contributed by atoms with E-state index < -0.39 is 0 Å². The minimum atomic E-state index is 0.110. The van der Waals surface area contributed by atoms with Crippen LogP contribution < -0.4 is 10.1 Å². The van der Waals surface area contributed by atoms with Crippen LogP contribution >= 0.6 is 0 Å². The maximum Gasteiger partial charge on any atom is 0.142 e. The SMILES string of the molecule is CC(C)COc1cnccc1CNC(C)(C)C. The largest absolute Gasteiger partial charge is 0.491 e. The Balaban J connectivity index is 2.64. The Kier molecular flexibility index (Phi) is 4.94. The fourth-order valence-electron chi connectivity index (χ4n) is 1.30. The van der Waals surface area contributed by atoms with Crippen LogP contribution in [-0.2, 0) is 6.54 Å². The van der Waals surface area contributed by atoms with E-state index in [1.54, 1.807) is 6.20 Å². The number of nitrogens with one attached hydrogen (secondary N) is 1. The van der Waals surface area contributed by atoms with Crippen LogP contribution in [0, 0.1) is 5.92 Å². The van der Waals surface area contributed by atoms with E-state index >= 15 is 0 Å². The molecule has 0 aliphatic rings. The molecule has 1 N–H and O–H groups in total. The van der Waals surface area contributed by atoms with Crippen LogP contribution in [0.2, 0.25) is 0 Å². The zero-order valence-corrected chi connectivity index (χ0v) is 11.6. The van der Waals surface area contributed by atoms with Gasteiger partial charge in [-0.15, -0.1) is 0 Å². The van der Waals surface area contributed by atoms with Crippen LogP contribution in [0.3, 0.4) is 0 Å². The van der Waals surface area contributed by atoms with E-state index in [0.29, 0.717) is 5.92 Å². The Labute approximate surface area is 105 Å². The van der Waals surface area contributed by atoms with Crippen LogP contribution in [0.25, 0.3) is 0 Å². The molecule has 0 aliphatic heterocycles. The Morgan fingerprint density at radius 3 is 2.65 bits per heavy atom. The monoisotopic (exact) mass is 236 g/mol. The molecule has 0 aromatic carbocycles. The van der Waals surface area contributed by atoms with Gasteiger partial charge in [0.25, 0.3) is 0 Å². The van der Waals surface area contributed by atoms with Crippen molar-refractivity contribution in [1.29, 1.82) is 0 Å². The fourth-order valence-corrected chi connectivity index (χ4v) is 1.30. The van der Waals surface area contributed by atoms with Crippen molar-refractivity contribution in [3.63, 3.8) is 0 Å². The first-order valence-electron chi connectivity index (χ1n) is 6.19. The molecule has 0 aliphatic carbocycles. The molecular formula is C14H24N2O. The van der Waals surface area contributed by atoms with Crippen LogP contribution in [0.4, 0.5) is 0 Å². The molecule has 0 saturated carbocycles. The third-order valence-electron chi connectivity index (χ3n) is 2.25. The highest BCUT2D eigenvalue weighted by Gasteiger charge is 2.11. The van der Waals surface area contributed by atoms with Crippen LogP contribution in [0.15, 0.2) is 18.5 Å². The summed E-state index contributed by atoms with van der Waals surface area (Å²) in [5.74, 6) is 1.41. The van der Waals surface area contributed by atoms with Crippen molar-refractivity contribution in [3.05, 3.63) is 24.0 Å². The minimum absolute atomic E-state index is 0.110. The number of pyridine rings is 1. The number of nitrogens with zero attached hydrogens (tertiary/aromatic N) is 1. The van der Waals surface area contributed by atoms with Gasteiger partial charge in [0.15, 0.2) is 0 Å². The molecule has 0 radical (unpaired) electrons. The van der Waals surface area contributed by atoms with Gasteiger partial charge in [0, 0.05) is 23.8 Å². The lowest BCUT2D eigenvalue weighted by Gasteiger charge is -2.21. The maximum absolute atomic E-state index is 5.76. The lowest BCUT2D eigenvalue weighted by Crippen LogP contribution is -2.35. The van der Waals surface area contributed by atoms with Crippen LogP contribution in [0.1, 0.15) is 40.2 Å². The third kappa shape index (κ3) is 5.68. The van der Waals surface area contributed by atoms with Crippen LogP contribution in [-0.4, -0.2) is 17.1 Å². The number of ether oxygens (including phenoxy) is 1. The highest BCUT2D eigenvalue weighted by molar-refractivity contribution is 5.29. The van der Waals surface area contributed by atoms with E-state index in [2.05, 4.69) is 44.9 Å². The molecule has 1 aromatic heterocycles. The van der Waals surface area contributed by atoms with Gasteiger partial charge < -0.3 is 10.1 Å². The van der Waals surface area contributed by atoms with Crippen molar-refractivity contribution >= 4 is 0 Å². The Morgan fingerprint density at radius 2 is 2.06 bits per heavy atom. The number of rotatable bonds is 5. The summed E-state index contributed by atoms with van der Waals surface area (Å²) in [4.78, 5) is 4.11. The summed E-state index contributed by atoms with van der Waals surface area (Å²) in [5.41, 5.74) is 1.27. The first kappa shape index (κ1) is 14.0. The topological polar surface area (TPSA) is 34.1 Å². The first-order chi connectivity index (χ1) is 7.88. The molecule has 1 aromatic rings. The van der Waals surface area contributed by atoms with Crippen molar-refractivity contribution in [2.75, 3.05) is 6.61 Å². The summed E-state index contributed by atoms with van der Waals surface area (Å²) < 4.78 is 5.76. The van der Waals surface area contributed by atoms with Gasteiger partial charge in [-0.1, -0.05) is 13.8 Å². The van der Waals surface area contributed by atoms with E-state index in [9.17, 15) is 0 Å². The number of hydrogen-bond acceptors (Lipinski definition) is 3. The standard InChI is InChI=1S/C14H24N2O/c1-11(2)10-17-13-9-15-7-6-12(13)8-16-14(3,4)5/h6-7,9,11,16H,8,10H2,1-5H3. The molecule has 0 saturated heterocycles. The molecular weight excluding hydrogens is 212 g/mol. The normalized spacial score (nSPS) is 11.9. The number of hydrogen-bond donors (Lipinski definition) is 1. The van der Waals surface area contributed by atoms with E-state index in [-0.39, 0.29) is 5.54 Å². The molecule has 0 bridgehead atoms. The molecule has 0 spiro atoms. The van der Waals surface area contributed by atoms with E-state index in [1.807, 2.05) is 12.3 Å².